The first-order chi connectivity index (χ1) is 12.2. The summed E-state index contributed by atoms with van der Waals surface area (Å²) in [6.45, 7) is 6.33. The van der Waals surface area contributed by atoms with E-state index in [4.69, 9.17) is 9.15 Å². The van der Waals surface area contributed by atoms with Crippen LogP contribution in [0.25, 0.3) is 11.0 Å². The van der Waals surface area contributed by atoms with Crippen LogP contribution >= 0.6 is 0 Å². The summed E-state index contributed by atoms with van der Waals surface area (Å²) in [5, 5.41) is 7.83. The molecule has 2 aromatic rings. The van der Waals surface area contributed by atoms with Crippen LogP contribution in [0.1, 0.15) is 17.7 Å². The normalized spacial score (nSPS) is 12.1. The van der Waals surface area contributed by atoms with Crippen molar-refractivity contribution in [3.05, 3.63) is 35.6 Å². The SMILES string of the molecule is CN=C(NCCCN(C)CCOC)NCc1oc2ccccc2c1C. The number of benzene rings is 1. The van der Waals surface area contributed by atoms with Crippen molar-refractivity contribution in [2.24, 2.45) is 4.99 Å². The van der Waals surface area contributed by atoms with Crippen LogP contribution in [-0.4, -0.2) is 58.3 Å². The topological polar surface area (TPSA) is 62.0 Å². The minimum absolute atomic E-state index is 0.619. The van der Waals surface area contributed by atoms with Gasteiger partial charge in [0.2, 0.25) is 0 Å². The number of ether oxygens (including phenoxy) is 1. The number of rotatable bonds is 9. The van der Waals surface area contributed by atoms with E-state index in [2.05, 4.69) is 40.6 Å². The number of likely N-dealkylation sites (N-methyl/N-ethyl adjacent to an activating group) is 1. The van der Waals surface area contributed by atoms with Gasteiger partial charge in [-0.1, -0.05) is 18.2 Å². The molecule has 6 nitrogen and oxygen atoms in total. The van der Waals surface area contributed by atoms with E-state index < -0.39 is 0 Å². The number of guanidine groups is 1. The fourth-order valence-corrected chi connectivity index (χ4v) is 2.69. The lowest BCUT2D eigenvalue weighted by Crippen LogP contribution is -2.38. The lowest BCUT2D eigenvalue weighted by Gasteiger charge is -2.16. The maximum atomic E-state index is 5.92. The zero-order chi connectivity index (χ0) is 18.1. The second-order valence-corrected chi connectivity index (χ2v) is 6.15. The zero-order valence-corrected chi connectivity index (χ0v) is 15.8. The van der Waals surface area contributed by atoms with E-state index in [0.717, 1.165) is 50.0 Å². The van der Waals surface area contributed by atoms with E-state index in [1.165, 1.54) is 10.9 Å². The Balaban J connectivity index is 1.75. The van der Waals surface area contributed by atoms with Crippen molar-refractivity contribution in [3.63, 3.8) is 0 Å². The van der Waals surface area contributed by atoms with Crippen LogP contribution in [0.2, 0.25) is 0 Å². The number of methoxy groups -OCH3 is 1. The van der Waals surface area contributed by atoms with Gasteiger partial charge in [0.25, 0.3) is 0 Å². The lowest BCUT2D eigenvalue weighted by molar-refractivity contribution is 0.161. The van der Waals surface area contributed by atoms with Gasteiger partial charge in [0.05, 0.1) is 13.2 Å². The second-order valence-electron chi connectivity index (χ2n) is 6.15. The van der Waals surface area contributed by atoms with Gasteiger partial charge in [0.15, 0.2) is 5.96 Å². The molecule has 0 aliphatic heterocycles. The highest BCUT2D eigenvalue weighted by molar-refractivity contribution is 5.82. The number of aliphatic imine (C=N–C) groups is 1. The van der Waals surface area contributed by atoms with Crippen LogP contribution in [0.4, 0.5) is 0 Å². The highest BCUT2D eigenvalue weighted by Gasteiger charge is 2.10. The van der Waals surface area contributed by atoms with Gasteiger partial charge in [-0.15, -0.1) is 0 Å². The number of nitrogens with zero attached hydrogens (tertiary/aromatic N) is 2. The number of fused-ring (bicyclic) bond motifs is 1. The molecule has 0 radical (unpaired) electrons. The van der Waals surface area contributed by atoms with Gasteiger partial charge in [-0.2, -0.15) is 0 Å². The summed E-state index contributed by atoms with van der Waals surface area (Å²) >= 11 is 0. The molecule has 0 amide bonds. The summed E-state index contributed by atoms with van der Waals surface area (Å²) < 4.78 is 11.0. The Labute approximate surface area is 150 Å². The molecule has 0 aliphatic rings. The van der Waals surface area contributed by atoms with Crippen LogP contribution in [0.5, 0.6) is 0 Å². The molecule has 1 aromatic heterocycles. The Morgan fingerprint density at radius 1 is 1.24 bits per heavy atom. The van der Waals surface area contributed by atoms with E-state index >= 15 is 0 Å². The van der Waals surface area contributed by atoms with Crippen LogP contribution in [-0.2, 0) is 11.3 Å². The van der Waals surface area contributed by atoms with Gasteiger partial charge in [-0.25, -0.2) is 0 Å². The van der Waals surface area contributed by atoms with Crippen molar-refractivity contribution in [2.45, 2.75) is 19.9 Å². The van der Waals surface area contributed by atoms with Crippen LogP contribution in [0.15, 0.2) is 33.7 Å². The summed E-state index contributed by atoms with van der Waals surface area (Å²) in [5.74, 6) is 1.74. The van der Waals surface area contributed by atoms with E-state index in [1.54, 1.807) is 14.2 Å². The van der Waals surface area contributed by atoms with Gasteiger partial charge in [-0.3, -0.25) is 4.99 Å². The lowest BCUT2D eigenvalue weighted by atomic mass is 10.1. The van der Waals surface area contributed by atoms with Gasteiger partial charge < -0.3 is 24.7 Å². The third kappa shape index (κ3) is 5.76. The molecule has 2 N–H and O–H groups in total. The van der Waals surface area contributed by atoms with Crippen molar-refractivity contribution in [1.82, 2.24) is 15.5 Å². The summed E-state index contributed by atoms with van der Waals surface area (Å²) in [4.78, 5) is 6.54. The highest BCUT2D eigenvalue weighted by atomic mass is 16.5. The number of nitrogens with one attached hydrogen (secondary N) is 2. The molecule has 0 spiro atoms. The number of para-hydroxylation sites is 1. The first kappa shape index (κ1) is 19.3. The minimum Gasteiger partial charge on any atom is -0.459 e. The number of furan rings is 1. The predicted octanol–water partition coefficient (Wildman–Crippen LogP) is 2.37. The van der Waals surface area contributed by atoms with Gasteiger partial charge >= 0.3 is 0 Å². The number of hydrogen-bond donors (Lipinski definition) is 2. The third-order valence-electron chi connectivity index (χ3n) is 4.27. The van der Waals surface area contributed by atoms with E-state index in [0.29, 0.717) is 6.54 Å². The number of hydrogen-bond acceptors (Lipinski definition) is 4. The van der Waals surface area contributed by atoms with Crippen molar-refractivity contribution < 1.29 is 9.15 Å². The van der Waals surface area contributed by atoms with Crippen molar-refractivity contribution in [3.8, 4) is 0 Å². The Morgan fingerprint density at radius 2 is 2.04 bits per heavy atom. The van der Waals surface area contributed by atoms with Crippen molar-refractivity contribution in [2.75, 3.05) is 47.4 Å². The molecule has 1 heterocycles. The molecule has 6 heteroatoms. The van der Waals surface area contributed by atoms with Crippen LogP contribution in [0, 0.1) is 6.92 Å². The molecule has 0 saturated carbocycles. The summed E-state index contributed by atoms with van der Waals surface area (Å²) in [7, 11) is 5.62. The first-order valence-corrected chi connectivity index (χ1v) is 8.74. The highest BCUT2D eigenvalue weighted by Crippen LogP contribution is 2.24. The largest absolute Gasteiger partial charge is 0.459 e. The Kier molecular flexibility index (Phi) is 7.76. The summed E-state index contributed by atoms with van der Waals surface area (Å²) in [6, 6.07) is 8.11. The fraction of sp³-hybridized carbons (Fsp3) is 0.526. The average Bonchev–Trinajstić information content (AvgIpc) is 2.95. The molecule has 0 aliphatic carbocycles. The van der Waals surface area contributed by atoms with Crippen molar-refractivity contribution in [1.29, 1.82) is 0 Å². The molecular weight excluding hydrogens is 316 g/mol. The van der Waals surface area contributed by atoms with Crippen LogP contribution in [0.3, 0.4) is 0 Å². The molecule has 2 rings (SSSR count). The predicted molar refractivity (Wildman–Crippen MR) is 103 cm³/mol. The first-order valence-electron chi connectivity index (χ1n) is 8.74. The van der Waals surface area contributed by atoms with E-state index in [9.17, 15) is 0 Å². The maximum absolute atomic E-state index is 5.92. The zero-order valence-electron chi connectivity index (χ0n) is 15.8. The average molecular weight is 346 g/mol. The summed E-state index contributed by atoms with van der Waals surface area (Å²) in [5.41, 5.74) is 2.11. The van der Waals surface area contributed by atoms with E-state index in [1.807, 2.05) is 18.2 Å². The summed E-state index contributed by atoms with van der Waals surface area (Å²) in [6.07, 6.45) is 1.05. The monoisotopic (exact) mass is 346 g/mol. The van der Waals surface area contributed by atoms with Gasteiger partial charge in [-0.05, 0) is 33.0 Å². The third-order valence-corrected chi connectivity index (χ3v) is 4.27. The maximum Gasteiger partial charge on any atom is 0.191 e. The molecule has 138 valence electrons. The molecule has 0 unspecified atom stereocenters. The van der Waals surface area contributed by atoms with Gasteiger partial charge in [0, 0.05) is 38.2 Å². The fourth-order valence-electron chi connectivity index (χ4n) is 2.69. The molecule has 0 atom stereocenters. The molecule has 25 heavy (non-hydrogen) atoms. The minimum atomic E-state index is 0.619. The second kappa shape index (κ2) is 10.1. The Morgan fingerprint density at radius 3 is 2.76 bits per heavy atom. The van der Waals surface area contributed by atoms with Gasteiger partial charge in [0.1, 0.15) is 11.3 Å². The Bertz CT molecular complexity index is 681. The molecule has 1 aromatic carbocycles. The smallest absolute Gasteiger partial charge is 0.191 e. The van der Waals surface area contributed by atoms with Crippen LogP contribution < -0.4 is 10.6 Å². The Hall–Kier alpha value is -2.05. The molecular formula is C19H30N4O2. The number of aryl methyl sites for hydroxylation is 1. The van der Waals surface area contributed by atoms with Crippen molar-refractivity contribution >= 4 is 16.9 Å². The molecule has 0 saturated heterocycles. The quantitative estimate of drug-likeness (QED) is 0.415. The molecule has 0 fully saturated rings. The standard InChI is InChI=1S/C19H30N4O2/c1-15-16-8-5-6-9-17(16)25-18(15)14-22-19(20-2)21-10-7-11-23(3)12-13-24-4/h5-6,8-9H,7,10-14H2,1-4H3,(H2,20,21,22). The molecule has 0 bridgehead atoms. The van der Waals surface area contributed by atoms with E-state index in [-0.39, 0.29) is 0 Å².